The number of carbonyl (C=O) groups excluding carboxylic acids is 2. The van der Waals surface area contributed by atoms with Gasteiger partial charge in [0, 0.05) is 62.5 Å². The van der Waals surface area contributed by atoms with Crippen LogP contribution in [-0.4, -0.2) is 64.5 Å². The Hall–Kier alpha value is -2.74. The topological polar surface area (TPSA) is 81.3 Å². The minimum atomic E-state index is -0.367. The molecule has 2 aliphatic rings. The molecule has 1 aromatic heterocycles. The van der Waals surface area contributed by atoms with Crippen LogP contribution in [0.1, 0.15) is 32.1 Å². The monoisotopic (exact) mass is 357 g/mol. The molecule has 2 N–H and O–H groups in total. The van der Waals surface area contributed by atoms with Crippen LogP contribution in [0.5, 0.6) is 0 Å². The van der Waals surface area contributed by atoms with Gasteiger partial charge < -0.3 is 15.1 Å². The summed E-state index contributed by atoms with van der Waals surface area (Å²) in [5, 5.41) is 10.4. The molecule has 4 rings (SSSR count). The minimum absolute atomic E-state index is 0.0971. The van der Waals surface area contributed by atoms with Crippen LogP contribution in [0.15, 0.2) is 24.3 Å². The molecule has 3 heterocycles. The molecule has 0 radical (unpaired) electrons. The number of hydrogen-bond donors (Lipinski definition) is 2. The van der Waals surface area contributed by atoms with E-state index in [1.807, 2.05) is 0 Å². The van der Waals surface area contributed by atoms with E-state index in [9.17, 15) is 14.0 Å². The number of carbonyl (C=O) groups is 2. The molecule has 8 heteroatoms. The zero-order chi connectivity index (χ0) is 18.1. The first-order valence-electron chi connectivity index (χ1n) is 8.74. The fourth-order valence-corrected chi connectivity index (χ4v) is 3.44. The number of aromatic nitrogens is 2. The van der Waals surface area contributed by atoms with Gasteiger partial charge in [-0.25, -0.2) is 4.39 Å². The number of halogens is 1. The SMILES string of the molecule is O=C(c1ccc(F)cc1)N1CCN(C(=O)c2n[nH]c3c2CNCC3)CC1. The Morgan fingerprint density at radius 3 is 2.35 bits per heavy atom. The maximum absolute atomic E-state index is 13.0. The summed E-state index contributed by atoms with van der Waals surface area (Å²) in [6, 6.07) is 5.53. The molecule has 26 heavy (non-hydrogen) atoms. The van der Waals surface area contributed by atoms with Crippen molar-refractivity contribution in [3.63, 3.8) is 0 Å². The van der Waals surface area contributed by atoms with E-state index in [-0.39, 0.29) is 17.6 Å². The normalized spacial score (nSPS) is 17.1. The minimum Gasteiger partial charge on any atom is -0.335 e. The van der Waals surface area contributed by atoms with E-state index in [1.54, 1.807) is 9.80 Å². The average molecular weight is 357 g/mol. The Balaban J connectivity index is 1.40. The highest BCUT2D eigenvalue weighted by molar-refractivity contribution is 5.96. The maximum Gasteiger partial charge on any atom is 0.274 e. The third kappa shape index (κ3) is 3.08. The van der Waals surface area contributed by atoms with E-state index in [0.717, 1.165) is 24.2 Å². The fourth-order valence-electron chi connectivity index (χ4n) is 3.44. The highest BCUT2D eigenvalue weighted by Gasteiger charge is 2.29. The van der Waals surface area contributed by atoms with E-state index >= 15 is 0 Å². The van der Waals surface area contributed by atoms with Crippen molar-refractivity contribution >= 4 is 11.8 Å². The lowest BCUT2D eigenvalue weighted by molar-refractivity contribution is 0.0531. The van der Waals surface area contributed by atoms with Gasteiger partial charge in [-0.15, -0.1) is 0 Å². The van der Waals surface area contributed by atoms with Crippen molar-refractivity contribution in [1.82, 2.24) is 25.3 Å². The lowest BCUT2D eigenvalue weighted by Crippen LogP contribution is -2.50. The van der Waals surface area contributed by atoms with E-state index in [2.05, 4.69) is 15.5 Å². The largest absolute Gasteiger partial charge is 0.335 e. The second-order valence-corrected chi connectivity index (χ2v) is 6.55. The number of hydrogen-bond acceptors (Lipinski definition) is 4. The zero-order valence-electron chi connectivity index (χ0n) is 14.3. The Morgan fingerprint density at radius 2 is 1.65 bits per heavy atom. The summed E-state index contributed by atoms with van der Waals surface area (Å²) in [6.07, 6.45) is 0.843. The number of amides is 2. The molecule has 2 aliphatic heterocycles. The van der Waals surface area contributed by atoms with Crippen molar-refractivity contribution in [2.75, 3.05) is 32.7 Å². The third-order valence-electron chi connectivity index (χ3n) is 4.95. The Kier molecular flexibility index (Phi) is 4.42. The van der Waals surface area contributed by atoms with Gasteiger partial charge in [-0.3, -0.25) is 14.7 Å². The van der Waals surface area contributed by atoms with Crippen molar-refractivity contribution in [2.45, 2.75) is 13.0 Å². The van der Waals surface area contributed by atoms with Crippen molar-refractivity contribution in [3.05, 3.63) is 52.6 Å². The number of nitrogens with zero attached hydrogens (tertiary/aromatic N) is 3. The van der Waals surface area contributed by atoms with Gasteiger partial charge >= 0.3 is 0 Å². The van der Waals surface area contributed by atoms with Crippen molar-refractivity contribution in [1.29, 1.82) is 0 Å². The number of fused-ring (bicyclic) bond motifs is 1. The smallest absolute Gasteiger partial charge is 0.274 e. The predicted molar refractivity (Wildman–Crippen MR) is 92.2 cm³/mol. The third-order valence-corrected chi connectivity index (χ3v) is 4.95. The molecule has 136 valence electrons. The summed E-state index contributed by atoms with van der Waals surface area (Å²) >= 11 is 0. The van der Waals surface area contributed by atoms with Gasteiger partial charge in [-0.1, -0.05) is 0 Å². The first kappa shape index (κ1) is 16.7. The molecule has 0 atom stereocenters. The Labute approximate surface area is 150 Å². The van der Waals surface area contributed by atoms with Gasteiger partial charge in [-0.2, -0.15) is 5.10 Å². The Morgan fingerprint density at radius 1 is 1.00 bits per heavy atom. The quantitative estimate of drug-likeness (QED) is 0.833. The van der Waals surface area contributed by atoms with E-state index in [1.165, 1.54) is 24.3 Å². The van der Waals surface area contributed by atoms with Crippen LogP contribution in [0, 0.1) is 5.82 Å². The molecule has 1 aromatic carbocycles. The first-order chi connectivity index (χ1) is 12.6. The van der Waals surface area contributed by atoms with E-state index < -0.39 is 0 Å². The number of benzene rings is 1. The molecule has 7 nitrogen and oxygen atoms in total. The zero-order valence-corrected chi connectivity index (χ0v) is 14.3. The molecule has 1 fully saturated rings. The number of piperazine rings is 1. The Bertz CT molecular complexity index is 825. The fraction of sp³-hybridized carbons (Fsp3) is 0.389. The van der Waals surface area contributed by atoms with Crippen LogP contribution in [0.4, 0.5) is 4.39 Å². The van der Waals surface area contributed by atoms with Crippen LogP contribution in [0.2, 0.25) is 0 Å². The highest BCUT2D eigenvalue weighted by atomic mass is 19.1. The van der Waals surface area contributed by atoms with Crippen molar-refractivity contribution < 1.29 is 14.0 Å². The van der Waals surface area contributed by atoms with Crippen molar-refractivity contribution in [2.24, 2.45) is 0 Å². The second-order valence-electron chi connectivity index (χ2n) is 6.55. The number of aromatic amines is 1. The van der Waals surface area contributed by atoms with E-state index in [4.69, 9.17) is 0 Å². The lowest BCUT2D eigenvalue weighted by atomic mass is 10.1. The predicted octanol–water partition coefficient (Wildman–Crippen LogP) is 0.793. The number of rotatable bonds is 2. The molecular weight excluding hydrogens is 337 g/mol. The standard InChI is InChI=1S/C18H20FN5O2/c19-13-3-1-12(2-4-13)17(25)23-7-9-24(10-8-23)18(26)16-14-11-20-6-5-15(14)21-22-16/h1-4,20H,5-11H2,(H,21,22). The van der Waals surface area contributed by atoms with Gasteiger partial charge in [0.1, 0.15) is 5.82 Å². The van der Waals surface area contributed by atoms with E-state index in [0.29, 0.717) is 44.0 Å². The maximum atomic E-state index is 13.0. The summed E-state index contributed by atoms with van der Waals surface area (Å²) in [4.78, 5) is 28.7. The molecule has 1 saturated heterocycles. The average Bonchev–Trinajstić information content (AvgIpc) is 3.12. The molecule has 2 amide bonds. The van der Waals surface area contributed by atoms with Crippen LogP contribution in [0.3, 0.4) is 0 Å². The van der Waals surface area contributed by atoms with Crippen LogP contribution in [0.25, 0.3) is 0 Å². The van der Waals surface area contributed by atoms with Crippen LogP contribution < -0.4 is 5.32 Å². The number of H-pyrrole nitrogens is 1. The van der Waals surface area contributed by atoms with Crippen LogP contribution >= 0.6 is 0 Å². The molecule has 0 saturated carbocycles. The van der Waals surface area contributed by atoms with Gasteiger partial charge in [0.15, 0.2) is 5.69 Å². The lowest BCUT2D eigenvalue weighted by Gasteiger charge is -2.34. The number of nitrogens with one attached hydrogen (secondary N) is 2. The summed E-state index contributed by atoms with van der Waals surface area (Å²) in [5.41, 5.74) is 2.91. The van der Waals surface area contributed by atoms with Gasteiger partial charge in [-0.05, 0) is 24.3 Å². The van der Waals surface area contributed by atoms with Gasteiger partial charge in [0.05, 0.1) is 0 Å². The van der Waals surface area contributed by atoms with Crippen molar-refractivity contribution in [3.8, 4) is 0 Å². The van der Waals surface area contributed by atoms with Crippen LogP contribution in [-0.2, 0) is 13.0 Å². The summed E-state index contributed by atoms with van der Waals surface area (Å²) < 4.78 is 13.0. The molecule has 0 unspecified atom stereocenters. The summed E-state index contributed by atoms with van der Waals surface area (Å²) in [6.45, 7) is 3.35. The second kappa shape index (κ2) is 6.87. The molecule has 0 spiro atoms. The molecule has 2 aromatic rings. The molecule has 0 bridgehead atoms. The van der Waals surface area contributed by atoms with Gasteiger partial charge in [0.2, 0.25) is 0 Å². The summed E-state index contributed by atoms with van der Waals surface area (Å²) in [5.74, 6) is -0.604. The molecular formula is C18H20FN5O2. The summed E-state index contributed by atoms with van der Waals surface area (Å²) in [7, 11) is 0. The highest BCUT2D eigenvalue weighted by Crippen LogP contribution is 2.18. The van der Waals surface area contributed by atoms with Gasteiger partial charge in [0.25, 0.3) is 11.8 Å². The first-order valence-corrected chi connectivity index (χ1v) is 8.74. The molecule has 0 aliphatic carbocycles.